The van der Waals surface area contributed by atoms with Crippen LogP contribution in [0.25, 0.3) is 49.3 Å². The molecule has 6 amide bonds. The Morgan fingerprint density at radius 2 is 1.55 bits per heavy atom. The molecule has 11 heterocycles. The predicted octanol–water partition coefficient (Wildman–Crippen LogP) is 3.52. The number of aromatic hydroxyl groups is 1. The molecule has 12 rings (SSSR count). The van der Waals surface area contributed by atoms with Gasteiger partial charge in [-0.15, -0.1) is 56.7 Å². The normalized spacial score (nSPS) is 24.0. The van der Waals surface area contributed by atoms with E-state index < -0.39 is 133 Å². The van der Waals surface area contributed by atoms with Crippen LogP contribution in [0.2, 0.25) is 0 Å². The van der Waals surface area contributed by atoms with Crippen LogP contribution in [0.15, 0.2) is 56.9 Å². The third-order valence-corrected chi connectivity index (χ3v) is 20.9. The fraction of sp³-hybridized carbons (Fsp3) is 0.377. The number of benzene rings is 1. The highest BCUT2D eigenvalue weighted by atomic mass is 32.1. The molecule has 1 fully saturated rings. The molecule has 1 saturated heterocycles. The number of likely N-dealkylation sites (N-methyl/N-ethyl adjacent to an activating group) is 1. The van der Waals surface area contributed by atoms with Gasteiger partial charge in [0, 0.05) is 49.8 Å². The quantitative estimate of drug-likeness (QED) is 0.0383. The molecule has 1 aromatic carbocycles. The second kappa shape index (κ2) is 28.3. The molecule has 514 valence electrons. The summed E-state index contributed by atoms with van der Waals surface area (Å²) in [7, 11) is 4.85. The first-order valence-corrected chi connectivity index (χ1v) is 34.4. The van der Waals surface area contributed by atoms with E-state index in [0.717, 1.165) is 56.7 Å². The molecule has 4 aliphatic rings. The maximum Gasteiger partial charge on any atom is 0.358 e. The van der Waals surface area contributed by atoms with Gasteiger partial charge in [-0.3, -0.25) is 28.8 Å². The Labute approximate surface area is 575 Å². The number of carbonyl (C=O) groups excluding carboxylic acids is 8. The average molecular weight is 1440 g/mol. The van der Waals surface area contributed by atoms with Gasteiger partial charge in [0.2, 0.25) is 18.2 Å². The number of hydrogen-bond acceptors (Lipinski definition) is 30. The molecule has 37 heteroatoms. The number of allylic oxidation sites excluding steroid dienone is 1. The number of nitrogens with zero attached hydrogens (tertiary/aromatic N) is 8. The number of rotatable bonds is 11. The van der Waals surface area contributed by atoms with Crippen LogP contribution >= 0.6 is 56.7 Å². The maximum absolute atomic E-state index is 15.2. The molecule has 8 aromatic rings. The van der Waals surface area contributed by atoms with E-state index in [2.05, 4.69) is 46.9 Å². The number of methoxy groups -OCH3 is 1. The number of carbonyl (C=O) groups is 8. The van der Waals surface area contributed by atoms with Gasteiger partial charge in [-0.1, -0.05) is 12.1 Å². The van der Waals surface area contributed by atoms with Gasteiger partial charge >= 0.3 is 11.9 Å². The van der Waals surface area contributed by atoms with E-state index in [-0.39, 0.29) is 112 Å². The molecule has 12 bridgehead atoms. The maximum atomic E-state index is 15.2. The number of ether oxygens (including phenoxy) is 6. The van der Waals surface area contributed by atoms with Gasteiger partial charge in [0.05, 0.1) is 61.9 Å². The number of fused-ring (bicyclic) bond motifs is 15. The Bertz CT molecular complexity index is 4500. The van der Waals surface area contributed by atoms with Crippen LogP contribution in [0.4, 0.5) is 0 Å². The minimum atomic E-state index is -1.91. The van der Waals surface area contributed by atoms with E-state index in [4.69, 9.17) is 43.4 Å². The van der Waals surface area contributed by atoms with Crippen molar-refractivity contribution in [2.24, 2.45) is 0 Å². The number of amides is 6. The number of aliphatic hydroxyl groups is 2. The molecule has 0 aliphatic carbocycles. The van der Waals surface area contributed by atoms with Crippen LogP contribution in [0, 0.1) is 0 Å². The molecule has 10 N–H and O–H groups in total. The van der Waals surface area contributed by atoms with Crippen LogP contribution in [-0.4, -0.2) is 191 Å². The molecular weight excluding hydrogens is 1380 g/mol. The Morgan fingerprint density at radius 3 is 2.29 bits per heavy atom. The number of hydrogen-bond donors (Lipinski definition) is 10. The van der Waals surface area contributed by atoms with Crippen molar-refractivity contribution >= 4 is 121 Å². The Hall–Kier alpha value is -9.28. The lowest BCUT2D eigenvalue weighted by atomic mass is 9.85. The number of aliphatic hydroxyl groups excluding tert-OH is 1. The number of nitrogens with one attached hydrogen (secondary N) is 6. The topological polar surface area (TPSA) is 431 Å². The van der Waals surface area contributed by atoms with E-state index >= 15 is 14.4 Å². The van der Waals surface area contributed by atoms with Crippen LogP contribution in [0.3, 0.4) is 0 Å². The summed E-state index contributed by atoms with van der Waals surface area (Å²) in [5, 5.41) is 70.8. The highest BCUT2D eigenvalue weighted by Gasteiger charge is 2.50. The second-order valence-electron chi connectivity index (χ2n) is 23.4. The molecule has 4 aliphatic heterocycles. The minimum Gasteiger partial charge on any atom is -0.506 e. The molecule has 7 aromatic heterocycles. The van der Waals surface area contributed by atoms with Crippen molar-refractivity contribution in [3.8, 4) is 38.4 Å². The van der Waals surface area contributed by atoms with Crippen molar-refractivity contribution in [2.75, 3.05) is 34.4 Å². The molecule has 0 radical (unpaired) electrons. The Morgan fingerprint density at radius 1 is 0.867 bits per heavy atom. The van der Waals surface area contributed by atoms with Gasteiger partial charge in [0.25, 0.3) is 17.7 Å². The van der Waals surface area contributed by atoms with Crippen molar-refractivity contribution in [2.45, 2.75) is 114 Å². The van der Waals surface area contributed by atoms with Gasteiger partial charge < -0.3 is 85.7 Å². The Kier molecular flexibility index (Phi) is 19.8. The fourth-order valence-corrected chi connectivity index (χ4v) is 16.1. The number of pyridine rings is 1. The van der Waals surface area contributed by atoms with Crippen LogP contribution < -0.4 is 31.9 Å². The monoisotopic (exact) mass is 1440 g/mol. The van der Waals surface area contributed by atoms with E-state index in [9.17, 15) is 44.5 Å². The smallest absolute Gasteiger partial charge is 0.358 e. The van der Waals surface area contributed by atoms with E-state index in [1.54, 1.807) is 55.7 Å². The first kappa shape index (κ1) is 68.7. The fourth-order valence-electron chi connectivity index (χ4n) is 11.9. The van der Waals surface area contributed by atoms with Gasteiger partial charge in [-0.05, 0) is 59.5 Å². The zero-order valence-corrected chi connectivity index (χ0v) is 56.9. The van der Waals surface area contributed by atoms with E-state index in [1.807, 2.05) is 0 Å². The molecule has 0 saturated carbocycles. The second-order valence-corrected chi connectivity index (χ2v) is 27.8. The number of esters is 2. The van der Waals surface area contributed by atoms with E-state index in [1.165, 1.54) is 49.2 Å². The zero-order valence-electron chi connectivity index (χ0n) is 52.8. The standard InChI is InChI=1S/C61H62N14O18S5/c1-24(77)41-53(83)72-42(25(2)88-7)56-68-35(22-97-56)52(82)73-45-47-48(93-39-12-61(4,86)49(74(5)6)26(3)92-39)60(85)90-15-27-9-8-10-36-40(27)30(16-89-47)46(75(36)87)59(84)91-17-31(65-50(80)33-21-98-58(45)69-33)55-66-32(19-96-55)43-29(54-67-34(20-95-54)51(81)71-41)11-37(78)44(70-43)57-64-28(18-94-57)13-63-38(79)14-62-23-76/h8-11,18-24,26,31,39,41,45,47-49,77-78,86-87H,12-17H2,1-7H3,(H,62,76)(H,63,79)(H,65,80)(H,71,81)(H,72,83)(H,73,82)/b42-25+. The van der Waals surface area contributed by atoms with E-state index in [0.29, 0.717) is 22.4 Å². The molecular formula is C61H62N14O18S5. The summed E-state index contributed by atoms with van der Waals surface area (Å²) in [5.74, 6) is -6.71. The summed E-state index contributed by atoms with van der Waals surface area (Å²) in [4.78, 5) is 142. The van der Waals surface area contributed by atoms with Gasteiger partial charge in [-0.2, -0.15) is 4.73 Å². The Balaban J connectivity index is 1.03. The third-order valence-electron chi connectivity index (χ3n) is 16.4. The minimum absolute atomic E-state index is 0.00886. The average Bonchev–Trinajstić information content (AvgIpc) is 1.56. The lowest BCUT2D eigenvalue weighted by molar-refractivity contribution is -0.280. The molecule has 32 nitrogen and oxygen atoms in total. The van der Waals surface area contributed by atoms with Crippen molar-refractivity contribution in [3.63, 3.8) is 0 Å². The number of cyclic esters (lactones) is 2. The molecule has 10 unspecified atom stereocenters. The summed E-state index contributed by atoms with van der Waals surface area (Å²) in [6.45, 7) is 3.96. The zero-order chi connectivity index (χ0) is 69.6. The first-order chi connectivity index (χ1) is 46.9. The number of aromatic nitrogens is 7. The molecule has 0 spiro atoms. The van der Waals surface area contributed by atoms with Crippen molar-refractivity contribution in [1.82, 2.24) is 71.4 Å². The van der Waals surface area contributed by atoms with Gasteiger partial charge in [0.1, 0.15) is 114 Å². The first-order valence-electron chi connectivity index (χ1n) is 30.0. The van der Waals surface area contributed by atoms with Crippen molar-refractivity contribution in [3.05, 3.63) is 112 Å². The summed E-state index contributed by atoms with van der Waals surface area (Å²) >= 11 is 4.74. The molecule has 98 heavy (non-hydrogen) atoms. The number of thiazole rings is 5. The molecule has 10 atom stereocenters. The predicted molar refractivity (Wildman–Crippen MR) is 350 cm³/mol. The summed E-state index contributed by atoms with van der Waals surface area (Å²) < 4.78 is 38.3. The lowest BCUT2D eigenvalue weighted by Gasteiger charge is -2.48. The summed E-state index contributed by atoms with van der Waals surface area (Å²) in [6, 6.07) is 0.793. The summed E-state index contributed by atoms with van der Waals surface area (Å²) in [6.07, 6.45) is -7.12. The highest BCUT2D eigenvalue weighted by molar-refractivity contribution is 7.14. The largest absolute Gasteiger partial charge is 0.506 e. The SMILES string of the molecule is CO/C(C)=C1/NC(=O)C(C(C)O)NC(=O)c2csc(n2)-c2cc(O)c(-c3nc(CNC(=O)CNC=O)cs3)nc2-c2csc(n2)C2COC(=O)c3c4c5c(cccc5n3O)COC(=O)C(OC3CC(C)(O)C(N(C)C)C(C)O3)C(OC4)C(NC(=O)c3csc1n3)c1nc(cs1)C(=O)N2. The van der Waals surface area contributed by atoms with Crippen LogP contribution in [0.1, 0.15) is 120 Å². The van der Waals surface area contributed by atoms with Crippen molar-refractivity contribution in [1.29, 1.82) is 0 Å². The summed E-state index contributed by atoms with van der Waals surface area (Å²) in [5.41, 5.74) is -1.85. The highest BCUT2D eigenvalue weighted by Crippen LogP contribution is 2.43. The van der Waals surface area contributed by atoms with Crippen LogP contribution in [0.5, 0.6) is 5.75 Å². The van der Waals surface area contributed by atoms with Gasteiger partial charge in [0.15, 0.2) is 18.1 Å². The van der Waals surface area contributed by atoms with Crippen LogP contribution in [-0.2, 0) is 67.4 Å². The lowest BCUT2D eigenvalue weighted by Crippen LogP contribution is -2.62. The third kappa shape index (κ3) is 13.8. The van der Waals surface area contributed by atoms with Gasteiger partial charge in [-0.25, -0.2) is 39.5 Å². The van der Waals surface area contributed by atoms with Crippen molar-refractivity contribution < 1.29 is 87.3 Å².